The van der Waals surface area contributed by atoms with Gasteiger partial charge in [-0.15, -0.1) is 5.73 Å². The van der Waals surface area contributed by atoms with Gasteiger partial charge in [-0.2, -0.15) is 0 Å². The van der Waals surface area contributed by atoms with Gasteiger partial charge in [0, 0.05) is 25.7 Å². The number of ether oxygens (including phenoxy) is 7. The highest BCUT2D eigenvalue weighted by Crippen LogP contribution is 2.37. The van der Waals surface area contributed by atoms with E-state index in [1.54, 1.807) is 24.3 Å². The van der Waals surface area contributed by atoms with Crippen molar-refractivity contribution in [3.63, 3.8) is 0 Å². The molecule has 3 fully saturated rings. The van der Waals surface area contributed by atoms with E-state index in [9.17, 15) is 14.4 Å². The van der Waals surface area contributed by atoms with Crippen molar-refractivity contribution in [1.29, 1.82) is 0 Å². The van der Waals surface area contributed by atoms with Gasteiger partial charge in [-0.1, -0.05) is 65.2 Å². The summed E-state index contributed by atoms with van der Waals surface area (Å²) in [6, 6.07) is 8.85. The molecular weight excluding hydrogens is 604 g/mol. The Morgan fingerprint density at radius 3 is 1.98 bits per heavy atom. The maximum Gasteiger partial charge on any atom is 0.338 e. The minimum Gasteiger partial charge on any atom is -0.463 e. The Morgan fingerprint density at radius 2 is 1.36 bits per heavy atom. The van der Waals surface area contributed by atoms with Gasteiger partial charge in [-0.3, -0.25) is 9.59 Å². The summed E-state index contributed by atoms with van der Waals surface area (Å²) in [6.07, 6.45) is 6.15. The van der Waals surface area contributed by atoms with Crippen molar-refractivity contribution in [2.24, 2.45) is 29.6 Å². The van der Waals surface area contributed by atoms with Gasteiger partial charge in [-0.25, -0.2) is 4.79 Å². The summed E-state index contributed by atoms with van der Waals surface area (Å²) < 4.78 is 42.1. The van der Waals surface area contributed by atoms with Gasteiger partial charge in [-0.05, 0) is 54.9 Å². The Labute approximate surface area is 279 Å². The highest BCUT2D eigenvalue weighted by molar-refractivity contribution is 5.89. The Balaban J connectivity index is 1.47. The molecule has 1 aromatic carbocycles. The van der Waals surface area contributed by atoms with E-state index in [-0.39, 0.29) is 43.5 Å². The summed E-state index contributed by atoms with van der Waals surface area (Å²) >= 11 is 0. The van der Waals surface area contributed by atoms with Crippen molar-refractivity contribution in [2.75, 3.05) is 19.8 Å². The molecule has 0 bridgehead atoms. The quantitative estimate of drug-likeness (QED) is 0.150. The zero-order chi connectivity index (χ0) is 33.9. The minimum absolute atomic E-state index is 0.0634. The van der Waals surface area contributed by atoms with E-state index in [0.29, 0.717) is 11.5 Å². The summed E-state index contributed by atoms with van der Waals surface area (Å²) in [4.78, 5) is 36.6. The summed E-state index contributed by atoms with van der Waals surface area (Å²) in [6.45, 7) is 11.1. The molecule has 1 aliphatic carbocycles. The highest BCUT2D eigenvalue weighted by atomic mass is 16.7. The predicted octanol–water partition coefficient (Wildman–Crippen LogP) is 6.03. The average Bonchev–Trinajstić information content (AvgIpc) is 3.06. The fraction of sp³-hybridized carbons (Fsp3) is 0.676. The largest absolute Gasteiger partial charge is 0.463 e. The molecule has 10 nitrogen and oxygen atoms in total. The SMILES string of the molecule is CC(=O)OCC1OC(OCC2OC(OCC=C=CC3CCCCC3)C(OC(=O)c3ccccc3)C(C)C2C)C(OC(C)=O)C(C)C1C. The van der Waals surface area contributed by atoms with Crippen molar-refractivity contribution in [3.8, 4) is 0 Å². The molecule has 10 atom stereocenters. The van der Waals surface area contributed by atoms with Crippen LogP contribution in [0.2, 0.25) is 0 Å². The van der Waals surface area contributed by atoms with Crippen molar-refractivity contribution < 1.29 is 47.5 Å². The predicted molar refractivity (Wildman–Crippen MR) is 173 cm³/mol. The summed E-state index contributed by atoms with van der Waals surface area (Å²) in [5.74, 6) is -1.20. The normalized spacial score (nSPS) is 32.8. The molecule has 2 heterocycles. The van der Waals surface area contributed by atoms with E-state index in [1.165, 1.54) is 46.0 Å². The molecule has 10 heteroatoms. The summed E-state index contributed by atoms with van der Waals surface area (Å²) in [5, 5.41) is 0. The zero-order valence-electron chi connectivity index (χ0n) is 28.6. The topological polar surface area (TPSA) is 116 Å². The standard InChI is InChI=1S/C37H52O10/c1-23-25(3)33(44-28(6)39)37(46-31(23)21-42-27(5)38)43-22-32-24(2)26(4)34(47-35(40)30-18-11-8-12-19-30)36(45-32)41-20-14-13-17-29-15-9-7-10-16-29/h8,11-12,14,17-19,23-26,29,31-34,36-37H,7,9-10,15-16,20-22H2,1-6H3. The number of hydrogen-bond donors (Lipinski definition) is 0. The first-order valence-electron chi connectivity index (χ1n) is 17.1. The second-order valence-corrected chi connectivity index (χ2v) is 13.2. The molecule has 0 amide bonds. The van der Waals surface area contributed by atoms with Crippen LogP contribution in [0, 0.1) is 29.6 Å². The van der Waals surface area contributed by atoms with Gasteiger partial charge in [0.2, 0.25) is 0 Å². The number of hydrogen-bond acceptors (Lipinski definition) is 10. The summed E-state index contributed by atoms with van der Waals surface area (Å²) in [5.41, 5.74) is 3.72. The van der Waals surface area contributed by atoms with E-state index in [2.05, 4.69) is 11.8 Å². The van der Waals surface area contributed by atoms with Crippen LogP contribution in [-0.2, 0) is 42.7 Å². The van der Waals surface area contributed by atoms with Crippen molar-refractivity contribution >= 4 is 17.9 Å². The fourth-order valence-electron chi connectivity index (χ4n) is 6.54. The molecule has 0 radical (unpaired) electrons. The lowest BCUT2D eigenvalue weighted by atomic mass is 9.83. The van der Waals surface area contributed by atoms with Crippen molar-refractivity contribution in [3.05, 3.63) is 53.8 Å². The van der Waals surface area contributed by atoms with Gasteiger partial charge >= 0.3 is 17.9 Å². The Bertz CT molecular complexity index is 1220. The smallest absolute Gasteiger partial charge is 0.338 e. The van der Waals surface area contributed by atoms with Gasteiger partial charge < -0.3 is 33.2 Å². The van der Waals surface area contributed by atoms with Gasteiger partial charge in [0.25, 0.3) is 0 Å². The first kappa shape index (κ1) is 36.8. The fourth-order valence-corrected chi connectivity index (χ4v) is 6.54. The van der Waals surface area contributed by atoms with E-state index >= 15 is 0 Å². The average molecular weight is 657 g/mol. The Hall–Kier alpha value is -3.01. The van der Waals surface area contributed by atoms with Crippen molar-refractivity contribution in [2.45, 2.75) is 111 Å². The summed E-state index contributed by atoms with van der Waals surface area (Å²) in [7, 11) is 0. The van der Waals surface area contributed by atoms with E-state index in [4.69, 9.17) is 33.2 Å². The molecule has 0 spiro atoms. The third kappa shape index (κ3) is 10.5. The van der Waals surface area contributed by atoms with Crippen molar-refractivity contribution in [1.82, 2.24) is 0 Å². The van der Waals surface area contributed by atoms with Crippen LogP contribution in [0.25, 0.3) is 0 Å². The molecule has 1 aromatic rings. The maximum absolute atomic E-state index is 13.1. The lowest BCUT2D eigenvalue weighted by Crippen LogP contribution is -2.56. The number of carbonyl (C=O) groups excluding carboxylic acids is 3. The van der Waals surface area contributed by atoms with Crippen LogP contribution in [0.4, 0.5) is 0 Å². The molecule has 47 heavy (non-hydrogen) atoms. The number of benzene rings is 1. The van der Waals surface area contributed by atoms with Crippen LogP contribution in [0.1, 0.15) is 84.0 Å². The van der Waals surface area contributed by atoms with E-state index in [0.717, 1.165) is 0 Å². The van der Waals surface area contributed by atoms with Gasteiger partial charge in [0.05, 0.1) is 31.0 Å². The van der Waals surface area contributed by atoms with Crippen LogP contribution in [0.15, 0.2) is 48.2 Å². The van der Waals surface area contributed by atoms with E-state index < -0.39 is 54.9 Å². The van der Waals surface area contributed by atoms with Crippen LogP contribution in [-0.4, -0.2) is 74.7 Å². The molecule has 0 N–H and O–H groups in total. The molecule has 4 rings (SSSR count). The monoisotopic (exact) mass is 656 g/mol. The van der Waals surface area contributed by atoms with Crippen LogP contribution < -0.4 is 0 Å². The third-order valence-electron chi connectivity index (χ3n) is 9.90. The highest BCUT2D eigenvalue weighted by Gasteiger charge is 2.47. The third-order valence-corrected chi connectivity index (χ3v) is 9.90. The number of rotatable bonds is 12. The minimum atomic E-state index is -0.905. The molecule has 2 saturated heterocycles. The van der Waals surface area contributed by atoms with Crippen LogP contribution in [0.5, 0.6) is 0 Å². The van der Waals surface area contributed by atoms with E-state index in [1.807, 2.05) is 39.8 Å². The first-order valence-corrected chi connectivity index (χ1v) is 17.1. The van der Waals surface area contributed by atoms with Crippen LogP contribution in [0.3, 0.4) is 0 Å². The second-order valence-electron chi connectivity index (χ2n) is 13.2. The zero-order valence-corrected chi connectivity index (χ0v) is 28.6. The lowest BCUT2D eigenvalue weighted by molar-refractivity contribution is -0.308. The second kappa shape index (κ2) is 17.9. The molecule has 10 unspecified atom stereocenters. The van der Waals surface area contributed by atoms with Gasteiger partial charge in [0.1, 0.15) is 6.61 Å². The first-order chi connectivity index (χ1) is 22.5. The van der Waals surface area contributed by atoms with Gasteiger partial charge in [0.15, 0.2) is 24.8 Å². The maximum atomic E-state index is 13.1. The Morgan fingerprint density at radius 1 is 0.766 bits per heavy atom. The lowest BCUT2D eigenvalue weighted by Gasteiger charge is -2.46. The molecular formula is C37H52O10. The molecule has 2 aliphatic heterocycles. The number of esters is 3. The van der Waals surface area contributed by atoms with Crippen LogP contribution >= 0.6 is 0 Å². The molecule has 1 saturated carbocycles. The molecule has 3 aliphatic rings. The number of carbonyl (C=O) groups is 3. The molecule has 0 aromatic heterocycles. The Kier molecular flexibility index (Phi) is 14.1. The molecule has 260 valence electrons.